The van der Waals surface area contributed by atoms with E-state index in [-0.39, 0.29) is 12.7 Å². The summed E-state index contributed by atoms with van der Waals surface area (Å²) >= 11 is 0. The summed E-state index contributed by atoms with van der Waals surface area (Å²) in [6, 6.07) is 13.1. The zero-order valence-electron chi connectivity index (χ0n) is 13.8. The Morgan fingerprint density at radius 2 is 1.80 bits per heavy atom. The number of hydrogen-bond acceptors (Lipinski definition) is 2. The van der Waals surface area contributed by atoms with E-state index < -0.39 is 11.6 Å². The third-order valence-electron chi connectivity index (χ3n) is 4.19. The molecule has 1 fully saturated rings. The normalized spacial score (nSPS) is 14.3. The maximum absolute atomic E-state index is 13.7. The summed E-state index contributed by atoms with van der Waals surface area (Å²) in [6.45, 7) is 1.31. The van der Waals surface area contributed by atoms with Crippen molar-refractivity contribution in [2.75, 3.05) is 13.1 Å². The highest BCUT2D eigenvalue weighted by Crippen LogP contribution is 2.22. The van der Waals surface area contributed by atoms with Gasteiger partial charge in [-0.15, -0.1) is 0 Å². The van der Waals surface area contributed by atoms with Crippen molar-refractivity contribution in [1.29, 1.82) is 0 Å². The van der Waals surface area contributed by atoms with Crippen LogP contribution in [0.2, 0.25) is 0 Å². The summed E-state index contributed by atoms with van der Waals surface area (Å²) in [4.78, 5) is 13.8. The molecule has 1 aliphatic rings. The Hall–Kier alpha value is -2.69. The summed E-state index contributed by atoms with van der Waals surface area (Å²) in [7, 11) is 0. The molecule has 0 unspecified atom stereocenters. The van der Waals surface area contributed by atoms with E-state index in [0.29, 0.717) is 31.5 Å². The molecule has 3 nitrogen and oxygen atoms in total. The molecule has 1 aliphatic heterocycles. The second-order valence-corrected chi connectivity index (χ2v) is 6.00. The van der Waals surface area contributed by atoms with Gasteiger partial charge in [-0.1, -0.05) is 42.0 Å². The van der Waals surface area contributed by atoms with Crippen LogP contribution in [-0.2, 0) is 11.3 Å². The van der Waals surface area contributed by atoms with Crippen LogP contribution < -0.4 is 0 Å². The van der Waals surface area contributed by atoms with Crippen molar-refractivity contribution in [3.8, 4) is 0 Å². The molecule has 0 aromatic heterocycles. The van der Waals surface area contributed by atoms with E-state index in [2.05, 4.69) is 0 Å². The van der Waals surface area contributed by atoms with Gasteiger partial charge in [0.2, 0.25) is 0 Å². The number of likely N-dealkylation sites (tertiary alicyclic amines) is 1. The van der Waals surface area contributed by atoms with Crippen LogP contribution in [0.25, 0.3) is 6.08 Å². The molecule has 1 amide bonds. The van der Waals surface area contributed by atoms with E-state index >= 15 is 0 Å². The largest absolute Gasteiger partial charge is 0.445 e. The molecule has 0 saturated carbocycles. The number of benzene rings is 2. The number of hydrogen-bond donors (Lipinski definition) is 0. The maximum atomic E-state index is 13.7. The Kier molecular flexibility index (Phi) is 5.43. The van der Waals surface area contributed by atoms with Gasteiger partial charge in [-0.2, -0.15) is 0 Å². The van der Waals surface area contributed by atoms with E-state index in [1.807, 2.05) is 30.3 Å². The van der Waals surface area contributed by atoms with Crippen LogP contribution in [0.15, 0.2) is 54.1 Å². The lowest BCUT2D eigenvalue weighted by Gasteiger charge is -2.27. The van der Waals surface area contributed by atoms with Crippen LogP contribution in [0.3, 0.4) is 0 Å². The first kappa shape index (κ1) is 17.1. The second-order valence-electron chi connectivity index (χ2n) is 6.00. The lowest BCUT2D eigenvalue weighted by Crippen LogP contribution is -2.36. The Morgan fingerprint density at radius 3 is 2.48 bits per heavy atom. The summed E-state index contributed by atoms with van der Waals surface area (Å²) in [5.74, 6) is -1.16. The van der Waals surface area contributed by atoms with Gasteiger partial charge in [0.1, 0.15) is 18.2 Å². The first-order valence-electron chi connectivity index (χ1n) is 8.22. The molecule has 5 heteroatoms. The quantitative estimate of drug-likeness (QED) is 0.803. The van der Waals surface area contributed by atoms with E-state index in [0.717, 1.165) is 17.2 Å². The number of halogens is 2. The zero-order chi connectivity index (χ0) is 17.6. The fraction of sp³-hybridized carbons (Fsp3) is 0.250. The van der Waals surface area contributed by atoms with Gasteiger partial charge in [0.15, 0.2) is 0 Å². The monoisotopic (exact) mass is 343 g/mol. The van der Waals surface area contributed by atoms with Crippen molar-refractivity contribution in [2.45, 2.75) is 19.4 Å². The van der Waals surface area contributed by atoms with E-state index in [1.54, 1.807) is 11.0 Å². The third kappa shape index (κ3) is 4.66. The molecule has 0 radical (unpaired) electrons. The molecule has 1 heterocycles. The van der Waals surface area contributed by atoms with Crippen molar-refractivity contribution in [1.82, 2.24) is 4.90 Å². The zero-order valence-corrected chi connectivity index (χ0v) is 13.8. The molecular weight excluding hydrogens is 324 g/mol. The second kappa shape index (κ2) is 7.92. The predicted octanol–water partition coefficient (Wildman–Crippen LogP) is 4.78. The molecule has 2 aromatic carbocycles. The number of amides is 1. The van der Waals surface area contributed by atoms with Crippen LogP contribution in [0.5, 0.6) is 0 Å². The van der Waals surface area contributed by atoms with Crippen molar-refractivity contribution in [3.05, 3.63) is 76.9 Å². The van der Waals surface area contributed by atoms with Gasteiger partial charge in [0.25, 0.3) is 0 Å². The van der Waals surface area contributed by atoms with Crippen LogP contribution >= 0.6 is 0 Å². The predicted molar refractivity (Wildman–Crippen MR) is 91.8 cm³/mol. The fourth-order valence-corrected chi connectivity index (χ4v) is 2.77. The minimum atomic E-state index is -0.587. The van der Waals surface area contributed by atoms with Gasteiger partial charge < -0.3 is 9.64 Å². The SMILES string of the molecule is O=C(OCc1ccccc1)N1CCC(=Cc2ccc(F)cc2F)CC1. The van der Waals surface area contributed by atoms with E-state index in [9.17, 15) is 13.6 Å². The molecular formula is C20H19F2NO2. The topological polar surface area (TPSA) is 29.5 Å². The highest BCUT2D eigenvalue weighted by molar-refractivity contribution is 5.68. The van der Waals surface area contributed by atoms with Crippen molar-refractivity contribution in [2.24, 2.45) is 0 Å². The van der Waals surface area contributed by atoms with Crippen LogP contribution in [0, 0.1) is 11.6 Å². The van der Waals surface area contributed by atoms with Gasteiger partial charge >= 0.3 is 6.09 Å². The average molecular weight is 343 g/mol. The number of piperidine rings is 1. The lowest BCUT2D eigenvalue weighted by atomic mass is 10.0. The van der Waals surface area contributed by atoms with Crippen LogP contribution in [0.4, 0.5) is 13.6 Å². The van der Waals surface area contributed by atoms with Gasteiger partial charge in [-0.3, -0.25) is 0 Å². The number of rotatable bonds is 3. The highest BCUT2D eigenvalue weighted by atomic mass is 19.1. The summed E-state index contributed by atoms with van der Waals surface area (Å²) < 4.78 is 32.0. The van der Waals surface area contributed by atoms with Gasteiger partial charge in [-0.05, 0) is 30.5 Å². The average Bonchev–Trinajstić information content (AvgIpc) is 2.63. The Morgan fingerprint density at radius 1 is 1.08 bits per heavy atom. The Balaban J connectivity index is 1.52. The number of carbonyl (C=O) groups excluding carboxylic acids is 1. The van der Waals surface area contributed by atoms with Gasteiger partial charge in [-0.25, -0.2) is 13.6 Å². The van der Waals surface area contributed by atoms with Crippen LogP contribution in [0.1, 0.15) is 24.0 Å². The number of ether oxygens (including phenoxy) is 1. The third-order valence-corrected chi connectivity index (χ3v) is 4.19. The molecule has 0 aliphatic carbocycles. The summed E-state index contributed by atoms with van der Waals surface area (Å²) in [5, 5.41) is 0. The van der Waals surface area contributed by atoms with E-state index in [4.69, 9.17) is 4.74 Å². The first-order chi connectivity index (χ1) is 12.1. The maximum Gasteiger partial charge on any atom is 0.410 e. The molecule has 2 aromatic rings. The van der Waals surface area contributed by atoms with Crippen molar-refractivity contribution >= 4 is 12.2 Å². The van der Waals surface area contributed by atoms with Crippen LogP contribution in [-0.4, -0.2) is 24.1 Å². The smallest absolute Gasteiger partial charge is 0.410 e. The Labute approximate surface area is 145 Å². The fourth-order valence-electron chi connectivity index (χ4n) is 2.77. The van der Waals surface area contributed by atoms with Crippen molar-refractivity contribution in [3.63, 3.8) is 0 Å². The van der Waals surface area contributed by atoms with Gasteiger partial charge in [0.05, 0.1) is 0 Å². The number of nitrogens with zero attached hydrogens (tertiary/aromatic N) is 1. The standard InChI is InChI=1S/C20H19F2NO2/c21-18-7-6-17(19(22)13-18)12-15-8-10-23(11-9-15)20(24)25-14-16-4-2-1-3-5-16/h1-7,12-13H,8-11,14H2. The Bertz CT molecular complexity index is 765. The lowest BCUT2D eigenvalue weighted by molar-refractivity contribution is 0.0936. The molecule has 0 atom stereocenters. The molecule has 3 rings (SSSR count). The van der Waals surface area contributed by atoms with Gasteiger partial charge in [0, 0.05) is 24.7 Å². The summed E-state index contributed by atoms with van der Waals surface area (Å²) in [5.41, 5.74) is 2.36. The molecule has 0 bridgehead atoms. The highest BCUT2D eigenvalue weighted by Gasteiger charge is 2.20. The summed E-state index contributed by atoms with van der Waals surface area (Å²) in [6.07, 6.45) is 2.70. The first-order valence-corrected chi connectivity index (χ1v) is 8.22. The minimum absolute atomic E-state index is 0.250. The molecule has 0 spiro atoms. The van der Waals surface area contributed by atoms with Crippen molar-refractivity contribution < 1.29 is 18.3 Å². The molecule has 25 heavy (non-hydrogen) atoms. The van der Waals surface area contributed by atoms with E-state index in [1.165, 1.54) is 12.1 Å². The molecule has 130 valence electrons. The number of carbonyl (C=O) groups is 1. The molecule has 1 saturated heterocycles. The minimum Gasteiger partial charge on any atom is -0.445 e. The molecule has 0 N–H and O–H groups in total.